The molecule has 4 heteroatoms. The van der Waals surface area contributed by atoms with Gasteiger partial charge in [-0.05, 0) is 54.8 Å². The van der Waals surface area contributed by atoms with E-state index in [4.69, 9.17) is 0 Å². The summed E-state index contributed by atoms with van der Waals surface area (Å²) < 4.78 is 12.9. The van der Waals surface area contributed by atoms with Crippen molar-refractivity contribution in [3.05, 3.63) is 65.0 Å². The first-order chi connectivity index (χ1) is 10.1. The van der Waals surface area contributed by atoms with Gasteiger partial charge in [0.25, 0.3) is 5.91 Å². The molecule has 1 aliphatic heterocycles. The van der Waals surface area contributed by atoms with Crippen molar-refractivity contribution in [3.8, 4) is 0 Å². The van der Waals surface area contributed by atoms with Gasteiger partial charge in [0.1, 0.15) is 5.82 Å². The Labute approximate surface area is 123 Å². The van der Waals surface area contributed by atoms with E-state index >= 15 is 0 Å². The van der Waals surface area contributed by atoms with Gasteiger partial charge in [0.2, 0.25) is 0 Å². The molecule has 0 aromatic heterocycles. The summed E-state index contributed by atoms with van der Waals surface area (Å²) in [4.78, 5) is 12.3. The van der Waals surface area contributed by atoms with E-state index in [1.54, 1.807) is 12.1 Å². The Morgan fingerprint density at radius 3 is 2.76 bits per heavy atom. The number of halogens is 1. The number of rotatable bonds is 3. The molecule has 3 rings (SSSR count). The zero-order chi connectivity index (χ0) is 14.8. The van der Waals surface area contributed by atoms with Gasteiger partial charge in [-0.3, -0.25) is 4.79 Å². The molecule has 0 saturated heterocycles. The molecule has 0 saturated carbocycles. The van der Waals surface area contributed by atoms with E-state index in [0.29, 0.717) is 5.56 Å². The van der Waals surface area contributed by atoms with E-state index in [-0.39, 0.29) is 17.8 Å². The molecular formula is C17H17FN2O. The number of hydrogen-bond donors (Lipinski definition) is 2. The highest BCUT2D eigenvalue weighted by molar-refractivity contribution is 5.95. The fraction of sp³-hybridized carbons (Fsp3) is 0.235. The number of amides is 1. The quantitative estimate of drug-likeness (QED) is 0.908. The predicted molar refractivity (Wildman–Crippen MR) is 80.9 cm³/mol. The summed E-state index contributed by atoms with van der Waals surface area (Å²) in [5, 5.41) is 6.21. The molecule has 2 aromatic carbocycles. The third kappa shape index (κ3) is 2.89. The van der Waals surface area contributed by atoms with Crippen LogP contribution in [0.3, 0.4) is 0 Å². The Hall–Kier alpha value is -2.36. The van der Waals surface area contributed by atoms with Crippen LogP contribution in [0.1, 0.15) is 34.5 Å². The van der Waals surface area contributed by atoms with Gasteiger partial charge in [-0.15, -0.1) is 0 Å². The smallest absolute Gasteiger partial charge is 0.251 e. The number of fused-ring (bicyclic) bond motifs is 1. The average Bonchev–Trinajstić information content (AvgIpc) is 2.95. The highest BCUT2D eigenvalue weighted by Crippen LogP contribution is 2.23. The second kappa shape index (κ2) is 5.56. The second-order valence-corrected chi connectivity index (χ2v) is 5.30. The van der Waals surface area contributed by atoms with Crippen LogP contribution in [0.2, 0.25) is 0 Å². The molecule has 0 unspecified atom stereocenters. The lowest BCUT2D eigenvalue weighted by atomic mass is 10.1. The standard InChI is InChI=1S/C17H17FN2O/c1-11(12-2-5-15(18)6-3-12)20-17(21)14-4-7-16-13(10-14)8-9-19-16/h2-7,10-11,19H,8-9H2,1H3,(H,20,21)/t11-/m1/s1. The van der Waals surface area contributed by atoms with Gasteiger partial charge < -0.3 is 10.6 Å². The van der Waals surface area contributed by atoms with E-state index in [1.165, 1.54) is 17.7 Å². The van der Waals surface area contributed by atoms with Crippen molar-refractivity contribution in [1.29, 1.82) is 0 Å². The fourth-order valence-corrected chi connectivity index (χ4v) is 2.56. The zero-order valence-corrected chi connectivity index (χ0v) is 11.8. The van der Waals surface area contributed by atoms with Crippen molar-refractivity contribution in [2.45, 2.75) is 19.4 Å². The van der Waals surface area contributed by atoms with Crippen LogP contribution in [0, 0.1) is 5.82 Å². The molecule has 21 heavy (non-hydrogen) atoms. The van der Waals surface area contributed by atoms with Crippen LogP contribution in [0.4, 0.5) is 10.1 Å². The normalized spacial score (nSPS) is 14.2. The molecule has 0 aliphatic carbocycles. The number of carbonyl (C=O) groups excluding carboxylic acids is 1. The minimum Gasteiger partial charge on any atom is -0.384 e. The van der Waals surface area contributed by atoms with Crippen LogP contribution in [-0.2, 0) is 6.42 Å². The van der Waals surface area contributed by atoms with E-state index in [0.717, 1.165) is 24.2 Å². The molecule has 2 N–H and O–H groups in total. The first-order valence-corrected chi connectivity index (χ1v) is 7.06. The Balaban J connectivity index is 1.72. The molecule has 1 atom stereocenters. The van der Waals surface area contributed by atoms with Crippen LogP contribution in [-0.4, -0.2) is 12.5 Å². The summed E-state index contributed by atoms with van der Waals surface area (Å²) >= 11 is 0. The fourth-order valence-electron chi connectivity index (χ4n) is 2.56. The molecule has 0 fully saturated rings. The molecule has 0 bridgehead atoms. The maximum atomic E-state index is 12.9. The molecule has 0 spiro atoms. The minimum absolute atomic E-state index is 0.110. The lowest BCUT2D eigenvalue weighted by Gasteiger charge is -2.15. The summed E-state index contributed by atoms with van der Waals surface area (Å²) in [6.45, 7) is 2.81. The largest absolute Gasteiger partial charge is 0.384 e. The van der Waals surface area contributed by atoms with Gasteiger partial charge in [0, 0.05) is 17.8 Å². The maximum Gasteiger partial charge on any atom is 0.251 e. The predicted octanol–water partition coefficient (Wildman–Crippen LogP) is 3.28. The third-order valence-electron chi connectivity index (χ3n) is 3.79. The summed E-state index contributed by atoms with van der Waals surface area (Å²) in [5.41, 5.74) is 3.83. The highest BCUT2D eigenvalue weighted by atomic mass is 19.1. The van der Waals surface area contributed by atoms with Crippen molar-refractivity contribution < 1.29 is 9.18 Å². The van der Waals surface area contributed by atoms with E-state index < -0.39 is 0 Å². The van der Waals surface area contributed by atoms with Crippen molar-refractivity contribution in [2.75, 3.05) is 11.9 Å². The lowest BCUT2D eigenvalue weighted by molar-refractivity contribution is 0.0940. The average molecular weight is 284 g/mol. The van der Waals surface area contributed by atoms with Gasteiger partial charge in [-0.1, -0.05) is 12.1 Å². The number of benzene rings is 2. The summed E-state index contributed by atoms with van der Waals surface area (Å²) in [6, 6.07) is 11.7. The van der Waals surface area contributed by atoms with Crippen LogP contribution in [0.15, 0.2) is 42.5 Å². The summed E-state index contributed by atoms with van der Waals surface area (Å²) in [6.07, 6.45) is 0.948. The number of hydrogen-bond acceptors (Lipinski definition) is 2. The van der Waals surface area contributed by atoms with Gasteiger partial charge in [-0.25, -0.2) is 4.39 Å². The van der Waals surface area contributed by atoms with Crippen molar-refractivity contribution in [1.82, 2.24) is 5.32 Å². The van der Waals surface area contributed by atoms with E-state index in [9.17, 15) is 9.18 Å². The molecule has 0 radical (unpaired) electrons. The minimum atomic E-state index is -0.275. The lowest BCUT2D eigenvalue weighted by Crippen LogP contribution is -2.26. The second-order valence-electron chi connectivity index (χ2n) is 5.30. The summed E-state index contributed by atoms with van der Waals surface area (Å²) in [7, 11) is 0. The van der Waals surface area contributed by atoms with Crippen molar-refractivity contribution >= 4 is 11.6 Å². The topological polar surface area (TPSA) is 41.1 Å². The monoisotopic (exact) mass is 284 g/mol. The molecular weight excluding hydrogens is 267 g/mol. The van der Waals surface area contributed by atoms with Crippen molar-refractivity contribution in [3.63, 3.8) is 0 Å². The zero-order valence-electron chi connectivity index (χ0n) is 11.8. The van der Waals surface area contributed by atoms with Gasteiger partial charge in [0.05, 0.1) is 6.04 Å². The van der Waals surface area contributed by atoms with Crippen molar-refractivity contribution in [2.24, 2.45) is 0 Å². The van der Waals surface area contributed by atoms with E-state index in [2.05, 4.69) is 10.6 Å². The van der Waals surface area contributed by atoms with Gasteiger partial charge in [-0.2, -0.15) is 0 Å². The Kier molecular flexibility index (Phi) is 3.60. The molecule has 1 amide bonds. The van der Waals surface area contributed by atoms with E-state index in [1.807, 2.05) is 25.1 Å². The Morgan fingerprint density at radius 2 is 2.00 bits per heavy atom. The molecule has 1 aliphatic rings. The van der Waals surface area contributed by atoms with Crippen LogP contribution in [0.5, 0.6) is 0 Å². The Morgan fingerprint density at radius 1 is 1.24 bits per heavy atom. The van der Waals surface area contributed by atoms with Crippen LogP contribution in [0.25, 0.3) is 0 Å². The highest BCUT2D eigenvalue weighted by Gasteiger charge is 2.15. The SMILES string of the molecule is C[C@@H](NC(=O)c1ccc2c(c1)CCN2)c1ccc(F)cc1. The molecule has 108 valence electrons. The Bertz CT molecular complexity index is 667. The third-order valence-corrected chi connectivity index (χ3v) is 3.79. The number of nitrogens with one attached hydrogen (secondary N) is 2. The molecule has 1 heterocycles. The van der Waals surface area contributed by atoms with Crippen LogP contribution < -0.4 is 10.6 Å². The first kappa shape index (κ1) is 13.6. The maximum absolute atomic E-state index is 12.9. The first-order valence-electron chi connectivity index (χ1n) is 7.06. The van der Waals surface area contributed by atoms with Gasteiger partial charge >= 0.3 is 0 Å². The number of anilines is 1. The summed E-state index contributed by atoms with van der Waals surface area (Å²) in [5.74, 6) is -0.384. The molecule has 3 nitrogen and oxygen atoms in total. The number of carbonyl (C=O) groups is 1. The molecule has 2 aromatic rings. The van der Waals surface area contributed by atoms with Crippen LogP contribution >= 0.6 is 0 Å². The van der Waals surface area contributed by atoms with Gasteiger partial charge in [0.15, 0.2) is 0 Å².